The Morgan fingerprint density at radius 3 is 2.50 bits per heavy atom. The van der Waals surface area contributed by atoms with Gasteiger partial charge in [0.2, 0.25) is 0 Å². The van der Waals surface area contributed by atoms with Crippen molar-refractivity contribution < 1.29 is 15.0 Å². The van der Waals surface area contributed by atoms with Crippen LogP contribution in [-0.4, -0.2) is 27.5 Å². The molecule has 1 rings (SSSR count). The van der Waals surface area contributed by atoms with Crippen LogP contribution < -0.4 is 0 Å². The van der Waals surface area contributed by atoms with Crippen molar-refractivity contribution in [3.8, 4) is 0 Å². The van der Waals surface area contributed by atoms with Crippen LogP contribution in [0.3, 0.4) is 0 Å². The van der Waals surface area contributed by atoms with Gasteiger partial charge in [-0.15, -0.1) is 11.8 Å². The van der Waals surface area contributed by atoms with Crippen LogP contribution in [0.5, 0.6) is 0 Å². The summed E-state index contributed by atoms with van der Waals surface area (Å²) < 4.78 is 0. The van der Waals surface area contributed by atoms with Crippen LogP contribution in [-0.2, 0) is 0 Å². The van der Waals surface area contributed by atoms with Crippen molar-refractivity contribution in [1.29, 1.82) is 0 Å². The Bertz CT molecular complexity index is 388. The van der Waals surface area contributed by atoms with E-state index < -0.39 is 12.1 Å². The summed E-state index contributed by atoms with van der Waals surface area (Å²) in [7, 11) is 0. The first-order chi connectivity index (χ1) is 7.43. The summed E-state index contributed by atoms with van der Waals surface area (Å²) in [5.74, 6) is -0.927. The molecule has 0 bridgehead atoms. The Morgan fingerprint density at radius 2 is 2.00 bits per heavy atom. The number of carboxylic acid groups (broad SMARTS) is 1. The van der Waals surface area contributed by atoms with E-state index in [0.717, 1.165) is 10.5 Å². The molecule has 16 heavy (non-hydrogen) atoms. The lowest BCUT2D eigenvalue weighted by atomic mass is 10.1. The second kappa shape index (κ2) is 5.37. The van der Waals surface area contributed by atoms with E-state index in [1.807, 2.05) is 19.9 Å². The molecule has 2 N–H and O–H groups in total. The summed E-state index contributed by atoms with van der Waals surface area (Å²) >= 11 is 1.40. The molecule has 0 fully saturated rings. The number of aliphatic hydroxyl groups excluding tert-OH is 1. The molecule has 3 nitrogen and oxygen atoms in total. The van der Waals surface area contributed by atoms with Crippen molar-refractivity contribution in [1.82, 2.24) is 0 Å². The zero-order valence-electron chi connectivity index (χ0n) is 9.60. The molecule has 2 unspecified atom stereocenters. The quantitative estimate of drug-likeness (QED) is 0.794. The standard InChI is InChI=1S/C12H16O3S/c1-7-5-4-6-10(12(14)15)11(7)16-9(3)8(2)13/h4-6,8-9,13H,1-3H3,(H,14,15). The molecule has 4 heteroatoms. The SMILES string of the molecule is Cc1cccc(C(=O)O)c1SC(C)C(C)O. The number of carbonyl (C=O) groups is 1. The zero-order valence-corrected chi connectivity index (χ0v) is 10.4. The highest BCUT2D eigenvalue weighted by molar-refractivity contribution is 8.00. The lowest BCUT2D eigenvalue weighted by Gasteiger charge is -2.17. The second-order valence-corrected chi connectivity index (χ2v) is 5.21. The number of hydrogen-bond acceptors (Lipinski definition) is 3. The van der Waals surface area contributed by atoms with Crippen LogP contribution in [0, 0.1) is 6.92 Å². The van der Waals surface area contributed by atoms with Gasteiger partial charge in [0.25, 0.3) is 0 Å². The Hall–Kier alpha value is -1.00. The van der Waals surface area contributed by atoms with Gasteiger partial charge in [-0.2, -0.15) is 0 Å². The van der Waals surface area contributed by atoms with Gasteiger partial charge in [-0.25, -0.2) is 4.79 Å². The fourth-order valence-corrected chi connectivity index (χ4v) is 2.37. The van der Waals surface area contributed by atoms with E-state index in [2.05, 4.69) is 0 Å². The molecule has 0 heterocycles. The van der Waals surface area contributed by atoms with Crippen molar-refractivity contribution in [3.05, 3.63) is 29.3 Å². The first kappa shape index (κ1) is 13.1. The molecule has 0 aromatic heterocycles. The van der Waals surface area contributed by atoms with Gasteiger partial charge in [-0.05, 0) is 25.5 Å². The van der Waals surface area contributed by atoms with E-state index >= 15 is 0 Å². The fraction of sp³-hybridized carbons (Fsp3) is 0.417. The van der Waals surface area contributed by atoms with Crippen molar-refractivity contribution >= 4 is 17.7 Å². The fourth-order valence-electron chi connectivity index (χ4n) is 1.26. The first-order valence-corrected chi connectivity index (χ1v) is 5.99. The molecule has 0 radical (unpaired) electrons. The molecule has 88 valence electrons. The monoisotopic (exact) mass is 240 g/mol. The Labute approximate surface area is 99.5 Å². The third-order valence-corrected chi connectivity index (χ3v) is 3.97. The average molecular weight is 240 g/mol. The summed E-state index contributed by atoms with van der Waals surface area (Å²) in [5.41, 5.74) is 1.23. The lowest BCUT2D eigenvalue weighted by molar-refractivity contribution is 0.0693. The molecular formula is C12H16O3S. The topological polar surface area (TPSA) is 57.5 Å². The van der Waals surface area contributed by atoms with Gasteiger partial charge in [0.15, 0.2) is 0 Å². The molecule has 0 saturated heterocycles. The minimum atomic E-state index is -0.927. The minimum absolute atomic E-state index is 0.0285. The third-order valence-electron chi connectivity index (χ3n) is 2.43. The lowest BCUT2D eigenvalue weighted by Crippen LogP contribution is -2.16. The largest absolute Gasteiger partial charge is 0.478 e. The first-order valence-electron chi connectivity index (χ1n) is 5.11. The molecule has 0 amide bonds. The van der Waals surface area contributed by atoms with Crippen molar-refractivity contribution in [2.45, 2.75) is 37.0 Å². The summed E-state index contributed by atoms with van der Waals surface area (Å²) in [6.07, 6.45) is -0.466. The predicted octanol–water partition coefficient (Wildman–Crippen LogP) is 2.55. The number of thioether (sulfide) groups is 1. The normalized spacial score (nSPS) is 14.5. The van der Waals surface area contributed by atoms with E-state index in [1.54, 1.807) is 19.1 Å². The van der Waals surface area contributed by atoms with Crippen molar-refractivity contribution in [2.24, 2.45) is 0 Å². The van der Waals surface area contributed by atoms with Gasteiger partial charge in [0.1, 0.15) is 0 Å². The average Bonchev–Trinajstić information content (AvgIpc) is 2.20. The smallest absolute Gasteiger partial charge is 0.336 e. The second-order valence-electron chi connectivity index (χ2n) is 3.82. The number of benzene rings is 1. The number of hydrogen-bond donors (Lipinski definition) is 2. The highest BCUT2D eigenvalue weighted by Crippen LogP contribution is 2.31. The van der Waals surface area contributed by atoms with E-state index in [-0.39, 0.29) is 5.25 Å². The van der Waals surface area contributed by atoms with Crippen molar-refractivity contribution in [2.75, 3.05) is 0 Å². The predicted molar refractivity (Wildman–Crippen MR) is 65.1 cm³/mol. The third kappa shape index (κ3) is 3.00. The van der Waals surface area contributed by atoms with Crippen LogP contribution in [0.4, 0.5) is 0 Å². The summed E-state index contributed by atoms with van der Waals surface area (Å²) in [4.78, 5) is 11.8. The number of aromatic carboxylic acids is 1. The molecule has 0 aliphatic heterocycles. The van der Waals surface area contributed by atoms with Crippen LogP contribution in [0.25, 0.3) is 0 Å². The maximum absolute atomic E-state index is 11.0. The molecule has 0 spiro atoms. The molecular weight excluding hydrogens is 224 g/mol. The maximum atomic E-state index is 11.0. The van der Waals surface area contributed by atoms with Crippen LogP contribution in [0.2, 0.25) is 0 Å². The van der Waals surface area contributed by atoms with Gasteiger partial charge < -0.3 is 10.2 Å². The molecule has 2 atom stereocenters. The molecule has 1 aromatic carbocycles. The van der Waals surface area contributed by atoms with Gasteiger partial charge in [-0.3, -0.25) is 0 Å². The summed E-state index contributed by atoms with van der Waals surface area (Å²) in [6.45, 7) is 5.47. The Morgan fingerprint density at radius 1 is 1.38 bits per heavy atom. The number of aliphatic hydroxyl groups is 1. The van der Waals surface area contributed by atoms with Gasteiger partial charge in [0.05, 0.1) is 11.7 Å². The summed E-state index contributed by atoms with van der Waals surface area (Å²) in [5, 5.41) is 18.5. The zero-order chi connectivity index (χ0) is 12.3. The van der Waals surface area contributed by atoms with Crippen LogP contribution >= 0.6 is 11.8 Å². The van der Waals surface area contributed by atoms with Crippen molar-refractivity contribution in [3.63, 3.8) is 0 Å². The minimum Gasteiger partial charge on any atom is -0.478 e. The Balaban J connectivity index is 3.06. The number of rotatable bonds is 4. The van der Waals surface area contributed by atoms with Gasteiger partial charge in [0, 0.05) is 10.1 Å². The molecule has 1 aromatic rings. The Kier molecular flexibility index (Phi) is 4.38. The van der Waals surface area contributed by atoms with E-state index in [0.29, 0.717) is 5.56 Å². The van der Waals surface area contributed by atoms with E-state index in [1.165, 1.54) is 11.8 Å². The van der Waals surface area contributed by atoms with E-state index in [4.69, 9.17) is 5.11 Å². The molecule has 0 aliphatic carbocycles. The summed E-state index contributed by atoms with van der Waals surface area (Å²) in [6, 6.07) is 5.20. The highest BCUT2D eigenvalue weighted by atomic mass is 32.2. The number of carboxylic acids is 1. The molecule has 0 saturated carbocycles. The van der Waals surface area contributed by atoms with Crippen LogP contribution in [0.15, 0.2) is 23.1 Å². The van der Waals surface area contributed by atoms with Gasteiger partial charge >= 0.3 is 5.97 Å². The maximum Gasteiger partial charge on any atom is 0.336 e. The van der Waals surface area contributed by atoms with Crippen LogP contribution in [0.1, 0.15) is 29.8 Å². The van der Waals surface area contributed by atoms with E-state index in [9.17, 15) is 9.90 Å². The number of aryl methyl sites for hydroxylation is 1. The van der Waals surface area contributed by atoms with Gasteiger partial charge in [-0.1, -0.05) is 19.1 Å². The highest BCUT2D eigenvalue weighted by Gasteiger charge is 2.17. The molecule has 0 aliphatic rings.